The Kier molecular flexibility index (Phi) is 8.57. The van der Waals surface area contributed by atoms with Crippen LogP contribution >= 0.6 is 0 Å². The minimum atomic E-state index is -1.14. The van der Waals surface area contributed by atoms with Crippen LogP contribution in [0.4, 0.5) is 5.69 Å². The fourth-order valence-corrected chi connectivity index (χ4v) is 8.41. The first-order valence-electron chi connectivity index (χ1n) is 16.4. The first kappa shape index (κ1) is 30.1. The highest BCUT2D eigenvalue weighted by Crippen LogP contribution is 2.55. The van der Waals surface area contributed by atoms with Gasteiger partial charge in [0.2, 0.25) is 17.7 Å². The van der Waals surface area contributed by atoms with Crippen molar-refractivity contribution >= 4 is 23.4 Å². The molecule has 3 saturated heterocycles. The molecule has 4 heterocycles. The van der Waals surface area contributed by atoms with Gasteiger partial charge >= 0.3 is 0 Å². The van der Waals surface area contributed by atoms with E-state index in [4.69, 9.17) is 9.47 Å². The predicted molar refractivity (Wildman–Crippen MR) is 164 cm³/mol. The van der Waals surface area contributed by atoms with Gasteiger partial charge in [0.15, 0.2) is 0 Å². The van der Waals surface area contributed by atoms with Crippen LogP contribution in [0.5, 0.6) is 5.75 Å². The molecule has 1 aliphatic carbocycles. The number of carbonyl (C=O) groups excluding carboxylic acids is 3. The third-order valence-electron chi connectivity index (χ3n) is 10.9. The van der Waals surface area contributed by atoms with Crippen LogP contribution < -0.4 is 15.4 Å². The van der Waals surface area contributed by atoms with Gasteiger partial charge in [0.05, 0.1) is 25.0 Å². The van der Waals surface area contributed by atoms with E-state index < -0.39 is 29.6 Å². The third kappa shape index (κ3) is 5.59. The number of benzene rings is 1. The first-order chi connectivity index (χ1) is 20.7. The van der Waals surface area contributed by atoms with Crippen molar-refractivity contribution in [1.29, 1.82) is 0 Å². The number of fused-ring (bicyclic) bond motifs is 1. The van der Waals surface area contributed by atoms with E-state index in [1.54, 1.807) is 36.3 Å². The molecule has 0 radical (unpaired) electrons. The van der Waals surface area contributed by atoms with E-state index in [0.29, 0.717) is 35.7 Å². The molecule has 1 aromatic rings. The van der Waals surface area contributed by atoms with E-state index in [0.717, 1.165) is 38.9 Å². The number of anilines is 1. The first-order valence-corrected chi connectivity index (χ1v) is 16.4. The average molecular weight is 593 g/mol. The van der Waals surface area contributed by atoms with Crippen LogP contribution in [0.15, 0.2) is 36.4 Å². The minimum absolute atomic E-state index is 0.0650. The van der Waals surface area contributed by atoms with Crippen molar-refractivity contribution in [3.8, 4) is 5.75 Å². The number of ether oxygens (including phenoxy) is 2. The molecule has 9 atom stereocenters. The number of hydrogen-bond donors (Lipinski definition) is 2. The number of nitrogens with one attached hydrogen (secondary N) is 2. The summed E-state index contributed by atoms with van der Waals surface area (Å²) in [6.45, 7) is 10.3. The van der Waals surface area contributed by atoms with E-state index in [1.165, 1.54) is 19.3 Å². The smallest absolute Gasteiger partial charge is 0.246 e. The Balaban J connectivity index is 1.23. The number of likely N-dealkylation sites (tertiary alicyclic amines) is 2. The summed E-state index contributed by atoms with van der Waals surface area (Å²) in [4.78, 5) is 46.5. The second kappa shape index (κ2) is 12.2. The molecule has 2 N–H and O–H groups in total. The van der Waals surface area contributed by atoms with Gasteiger partial charge in [-0.15, -0.1) is 0 Å². The van der Waals surface area contributed by atoms with Gasteiger partial charge < -0.3 is 29.9 Å². The molecule has 1 aromatic carbocycles. The molecular weight excluding hydrogens is 544 g/mol. The van der Waals surface area contributed by atoms with E-state index >= 15 is 0 Å². The molecule has 6 rings (SSSR count). The highest BCUT2D eigenvalue weighted by Gasteiger charge is 2.72. The Morgan fingerprint density at radius 1 is 1.05 bits per heavy atom. The van der Waals surface area contributed by atoms with E-state index in [-0.39, 0.29) is 23.8 Å². The number of nitrogens with zero attached hydrogens (tertiary/aromatic N) is 2. The Morgan fingerprint density at radius 2 is 1.84 bits per heavy atom. The zero-order valence-corrected chi connectivity index (χ0v) is 26.1. The van der Waals surface area contributed by atoms with Crippen LogP contribution in [-0.4, -0.2) is 84.6 Å². The summed E-state index contributed by atoms with van der Waals surface area (Å²) >= 11 is 0. The van der Waals surface area contributed by atoms with Crippen molar-refractivity contribution in [1.82, 2.24) is 15.1 Å². The third-order valence-corrected chi connectivity index (χ3v) is 10.9. The molecule has 9 heteroatoms. The molecule has 4 aliphatic heterocycles. The van der Waals surface area contributed by atoms with Gasteiger partial charge in [-0.25, -0.2) is 0 Å². The predicted octanol–water partition coefficient (Wildman–Crippen LogP) is 3.85. The number of hydrogen-bond acceptors (Lipinski definition) is 6. The normalized spacial score (nSPS) is 36.9. The van der Waals surface area contributed by atoms with Crippen LogP contribution in [0.1, 0.15) is 59.3 Å². The lowest BCUT2D eigenvalue weighted by atomic mass is 9.73. The standard InChI is InChI=1S/C34H48N4O5/c1-21-8-6-17-37(20-21)18-7-19-38-30(32(40)36-26-10-5-9-22(2)23(26)3)34-16-15-27(43-34)28(29(34)33(38)41)31(39)35-24-11-13-25(42-4)14-12-24/h11-16,21-23,26-30H,5-10,17-20H2,1-4H3,(H,35,39)(H,36,40)/t21-,22+,23-,26+,27+,28-,29+,30+,34+/m0/s1. The molecule has 2 bridgehead atoms. The minimum Gasteiger partial charge on any atom is -0.497 e. The van der Waals surface area contributed by atoms with Crippen LogP contribution in [-0.2, 0) is 19.1 Å². The van der Waals surface area contributed by atoms with Crippen LogP contribution in [0.2, 0.25) is 0 Å². The van der Waals surface area contributed by atoms with Crippen molar-refractivity contribution < 1.29 is 23.9 Å². The molecular formula is C34H48N4O5. The molecule has 5 aliphatic rings. The molecule has 234 valence electrons. The maximum absolute atomic E-state index is 14.3. The van der Waals surface area contributed by atoms with Crippen molar-refractivity contribution in [2.75, 3.05) is 38.6 Å². The molecule has 0 aromatic heterocycles. The quantitative estimate of drug-likeness (QED) is 0.423. The molecule has 1 spiro atoms. The highest BCUT2D eigenvalue weighted by atomic mass is 16.5. The lowest BCUT2D eigenvalue weighted by molar-refractivity contribution is -0.141. The van der Waals surface area contributed by atoms with Gasteiger partial charge in [-0.3, -0.25) is 14.4 Å². The Labute approximate surface area is 255 Å². The summed E-state index contributed by atoms with van der Waals surface area (Å²) in [6.07, 6.45) is 9.66. The Hall–Kier alpha value is -2.91. The number of carbonyl (C=O) groups is 3. The topological polar surface area (TPSA) is 100 Å². The van der Waals surface area contributed by atoms with Crippen molar-refractivity contribution in [2.24, 2.45) is 29.6 Å². The molecule has 4 fully saturated rings. The maximum atomic E-state index is 14.3. The molecule has 3 amide bonds. The second-order valence-electron chi connectivity index (χ2n) is 13.7. The Morgan fingerprint density at radius 3 is 2.58 bits per heavy atom. The summed E-state index contributed by atoms with van der Waals surface area (Å²) in [6, 6.07) is 6.40. The Bertz CT molecular complexity index is 1240. The highest BCUT2D eigenvalue weighted by molar-refractivity contribution is 6.02. The van der Waals surface area contributed by atoms with Crippen molar-refractivity contribution in [3.05, 3.63) is 36.4 Å². The number of methoxy groups -OCH3 is 1. The van der Waals surface area contributed by atoms with Crippen LogP contribution in [0, 0.1) is 29.6 Å². The SMILES string of the molecule is COc1ccc(NC(=O)[C@H]2[C@H]3C=C[C@@]4(O3)[C@H]2C(=O)N(CCCN2CCC[C@H](C)C2)[C@@H]4C(=O)N[C@@H]2CCC[C@@H](C)[C@@H]2C)cc1. The van der Waals surface area contributed by atoms with Crippen molar-refractivity contribution in [2.45, 2.75) is 83.1 Å². The summed E-state index contributed by atoms with van der Waals surface area (Å²) in [5, 5.41) is 6.34. The zero-order valence-electron chi connectivity index (χ0n) is 26.1. The van der Waals surface area contributed by atoms with E-state index in [9.17, 15) is 14.4 Å². The second-order valence-corrected chi connectivity index (χ2v) is 13.7. The van der Waals surface area contributed by atoms with Gasteiger partial charge in [0.1, 0.15) is 17.4 Å². The lowest BCUT2D eigenvalue weighted by Gasteiger charge is -2.38. The molecule has 43 heavy (non-hydrogen) atoms. The largest absolute Gasteiger partial charge is 0.497 e. The summed E-state index contributed by atoms with van der Waals surface area (Å²) in [5.74, 6) is 0.231. The van der Waals surface area contributed by atoms with Crippen LogP contribution in [0.3, 0.4) is 0 Å². The molecule has 9 nitrogen and oxygen atoms in total. The number of piperidine rings is 1. The van der Waals surface area contributed by atoms with Gasteiger partial charge in [-0.2, -0.15) is 0 Å². The van der Waals surface area contributed by atoms with Crippen LogP contribution in [0.25, 0.3) is 0 Å². The lowest BCUT2D eigenvalue weighted by Crippen LogP contribution is -2.58. The summed E-state index contributed by atoms with van der Waals surface area (Å²) < 4.78 is 11.8. The van der Waals surface area contributed by atoms with Gasteiger partial charge in [-0.1, -0.05) is 45.8 Å². The zero-order chi connectivity index (χ0) is 30.3. The molecule has 0 unspecified atom stereocenters. The fourth-order valence-electron chi connectivity index (χ4n) is 8.41. The summed E-state index contributed by atoms with van der Waals surface area (Å²) in [5.41, 5.74) is -0.518. The van der Waals surface area contributed by atoms with Crippen molar-refractivity contribution in [3.63, 3.8) is 0 Å². The van der Waals surface area contributed by atoms with E-state index in [1.807, 2.05) is 12.2 Å². The molecule has 1 saturated carbocycles. The number of amides is 3. The van der Waals surface area contributed by atoms with Gasteiger partial charge in [0, 0.05) is 24.8 Å². The summed E-state index contributed by atoms with van der Waals surface area (Å²) in [7, 11) is 1.60. The average Bonchev–Trinajstić information content (AvgIpc) is 3.63. The fraction of sp³-hybridized carbons (Fsp3) is 0.676. The monoisotopic (exact) mass is 592 g/mol. The van der Waals surface area contributed by atoms with Gasteiger partial charge in [0.25, 0.3) is 0 Å². The van der Waals surface area contributed by atoms with Gasteiger partial charge in [-0.05, 0) is 80.8 Å². The van der Waals surface area contributed by atoms with E-state index in [2.05, 4.69) is 36.3 Å². The maximum Gasteiger partial charge on any atom is 0.246 e. The number of rotatable bonds is 9.